The van der Waals surface area contributed by atoms with E-state index in [0.717, 1.165) is 17.0 Å². The van der Waals surface area contributed by atoms with Crippen LogP contribution in [0.4, 0.5) is 13.2 Å². The molecule has 16 heavy (non-hydrogen) atoms. The molecule has 0 bridgehead atoms. The van der Waals surface area contributed by atoms with Gasteiger partial charge in [0.2, 0.25) is 0 Å². The maximum atomic E-state index is 13.2. The highest BCUT2D eigenvalue weighted by Crippen LogP contribution is 2.16. The topological polar surface area (TPSA) is 34.9 Å². The van der Waals surface area contributed by atoms with Gasteiger partial charge >= 0.3 is 0 Å². The van der Waals surface area contributed by atoms with E-state index in [-0.39, 0.29) is 0 Å². The number of benzene rings is 1. The minimum Gasteiger partial charge on any atom is -0.272 e. The molecule has 0 amide bonds. The van der Waals surface area contributed by atoms with Crippen LogP contribution in [0.25, 0.3) is 0 Å². The minimum atomic E-state index is -1.66. The van der Waals surface area contributed by atoms with Gasteiger partial charge in [-0.15, -0.1) is 0 Å². The van der Waals surface area contributed by atoms with Crippen LogP contribution >= 0.6 is 0 Å². The van der Waals surface area contributed by atoms with Crippen LogP contribution in [-0.2, 0) is 0 Å². The molecule has 0 spiro atoms. The lowest BCUT2D eigenvalue weighted by atomic mass is 10.2. The van der Waals surface area contributed by atoms with Crippen LogP contribution in [0.15, 0.2) is 30.9 Å². The van der Waals surface area contributed by atoms with Gasteiger partial charge in [-0.3, -0.25) is 9.36 Å². The Morgan fingerprint density at radius 2 is 1.94 bits per heavy atom. The van der Waals surface area contributed by atoms with E-state index in [2.05, 4.69) is 4.98 Å². The molecule has 2 aromatic rings. The number of hydrogen-bond donors (Lipinski definition) is 0. The van der Waals surface area contributed by atoms with E-state index in [1.165, 1.54) is 12.4 Å². The fraction of sp³-hybridized carbons (Fsp3) is 0. The lowest BCUT2D eigenvalue weighted by Gasteiger charge is -2.03. The summed E-state index contributed by atoms with van der Waals surface area (Å²) in [5, 5.41) is 0. The average Bonchev–Trinajstić information content (AvgIpc) is 2.79. The van der Waals surface area contributed by atoms with Gasteiger partial charge in [0.25, 0.3) is 5.91 Å². The molecule has 0 saturated carbocycles. The van der Waals surface area contributed by atoms with Crippen LogP contribution < -0.4 is 0 Å². The molecule has 3 nitrogen and oxygen atoms in total. The van der Waals surface area contributed by atoms with Crippen molar-refractivity contribution >= 4 is 5.91 Å². The number of imidazole rings is 1. The first kappa shape index (κ1) is 10.4. The number of rotatable bonds is 1. The largest absolute Gasteiger partial charge is 0.272 e. The molecule has 82 valence electrons. The molecule has 1 aromatic heterocycles. The highest BCUT2D eigenvalue weighted by Gasteiger charge is 2.19. The van der Waals surface area contributed by atoms with Crippen molar-refractivity contribution in [3.05, 3.63) is 53.9 Å². The average molecular weight is 226 g/mol. The van der Waals surface area contributed by atoms with E-state index >= 15 is 0 Å². The molecule has 0 fully saturated rings. The zero-order valence-electron chi connectivity index (χ0n) is 7.82. The van der Waals surface area contributed by atoms with Gasteiger partial charge in [-0.2, -0.15) is 0 Å². The number of aromatic nitrogens is 2. The fourth-order valence-electron chi connectivity index (χ4n) is 1.21. The molecular weight excluding hydrogens is 221 g/mol. The predicted octanol–water partition coefficient (Wildman–Crippen LogP) is 1.99. The second-order valence-corrected chi connectivity index (χ2v) is 3.00. The van der Waals surface area contributed by atoms with Crippen molar-refractivity contribution in [2.45, 2.75) is 0 Å². The Kier molecular flexibility index (Phi) is 2.47. The number of hydrogen-bond acceptors (Lipinski definition) is 2. The summed E-state index contributed by atoms with van der Waals surface area (Å²) in [4.78, 5) is 15.2. The summed E-state index contributed by atoms with van der Waals surface area (Å²) < 4.78 is 39.7. The van der Waals surface area contributed by atoms with Gasteiger partial charge in [0.05, 0.1) is 5.56 Å². The van der Waals surface area contributed by atoms with Gasteiger partial charge in [0.1, 0.15) is 6.33 Å². The number of carbonyl (C=O) groups is 1. The second kappa shape index (κ2) is 3.80. The lowest BCUT2D eigenvalue weighted by molar-refractivity contribution is 0.0954. The fourth-order valence-corrected chi connectivity index (χ4v) is 1.21. The SMILES string of the molecule is O=C(c1ccc(F)c(F)c1F)n1ccnc1. The summed E-state index contributed by atoms with van der Waals surface area (Å²) >= 11 is 0. The van der Waals surface area contributed by atoms with Crippen molar-refractivity contribution in [1.29, 1.82) is 0 Å². The maximum absolute atomic E-state index is 13.2. The maximum Gasteiger partial charge on any atom is 0.266 e. The number of carbonyl (C=O) groups excluding carboxylic acids is 1. The van der Waals surface area contributed by atoms with E-state index in [1.807, 2.05) is 0 Å². The van der Waals surface area contributed by atoms with Crippen LogP contribution in [0.5, 0.6) is 0 Å². The second-order valence-electron chi connectivity index (χ2n) is 3.00. The standard InChI is InChI=1S/C10H5F3N2O/c11-7-2-1-6(8(12)9(7)13)10(16)15-4-3-14-5-15/h1-5H. The van der Waals surface area contributed by atoms with E-state index in [0.29, 0.717) is 6.07 Å². The molecule has 0 saturated heterocycles. The summed E-state index contributed by atoms with van der Waals surface area (Å²) in [6, 6.07) is 1.58. The lowest BCUT2D eigenvalue weighted by Crippen LogP contribution is -2.13. The Morgan fingerprint density at radius 1 is 1.19 bits per heavy atom. The normalized spacial score (nSPS) is 10.4. The third-order valence-corrected chi connectivity index (χ3v) is 2.00. The van der Waals surface area contributed by atoms with Crippen LogP contribution in [0.3, 0.4) is 0 Å². The van der Waals surface area contributed by atoms with Crippen LogP contribution in [-0.4, -0.2) is 15.5 Å². The van der Waals surface area contributed by atoms with Crippen LogP contribution in [0.2, 0.25) is 0 Å². The molecule has 1 aromatic carbocycles. The minimum absolute atomic E-state index is 0.545. The molecule has 0 atom stereocenters. The first-order chi connectivity index (χ1) is 7.61. The molecule has 0 aliphatic heterocycles. The Balaban J connectivity index is 2.50. The summed E-state index contributed by atoms with van der Waals surface area (Å²) in [5.41, 5.74) is -0.545. The summed E-state index contributed by atoms with van der Waals surface area (Å²) in [6.07, 6.45) is 3.74. The molecule has 6 heteroatoms. The van der Waals surface area contributed by atoms with Crippen molar-refractivity contribution in [1.82, 2.24) is 9.55 Å². The van der Waals surface area contributed by atoms with Gasteiger partial charge in [0, 0.05) is 12.4 Å². The first-order valence-corrected chi connectivity index (χ1v) is 4.27. The monoisotopic (exact) mass is 226 g/mol. The zero-order valence-corrected chi connectivity index (χ0v) is 7.82. The van der Waals surface area contributed by atoms with Crippen molar-refractivity contribution < 1.29 is 18.0 Å². The van der Waals surface area contributed by atoms with Crippen molar-refractivity contribution in [2.75, 3.05) is 0 Å². The molecule has 0 radical (unpaired) electrons. The molecule has 0 N–H and O–H groups in total. The first-order valence-electron chi connectivity index (χ1n) is 4.27. The van der Waals surface area contributed by atoms with Gasteiger partial charge in [-0.25, -0.2) is 18.2 Å². The summed E-state index contributed by atoms with van der Waals surface area (Å²) in [6.45, 7) is 0. The highest BCUT2D eigenvalue weighted by atomic mass is 19.2. The Morgan fingerprint density at radius 3 is 2.56 bits per heavy atom. The Labute approximate surface area is 88.2 Å². The van der Waals surface area contributed by atoms with Gasteiger partial charge in [-0.05, 0) is 12.1 Å². The molecule has 0 aliphatic carbocycles. The smallest absolute Gasteiger partial charge is 0.266 e. The van der Waals surface area contributed by atoms with Crippen LogP contribution in [0, 0.1) is 17.5 Å². The Hall–Kier alpha value is -2.11. The molecule has 1 heterocycles. The van der Waals surface area contributed by atoms with Gasteiger partial charge in [0.15, 0.2) is 17.5 Å². The third kappa shape index (κ3) is 1.58. The molecular formula is C10H5F3N2O. The highest BCUT2D eigenvalue weighted by molar-refractivity contribution is 5.96. The van der Waals surface area contributed by atoms with Gasteiger partial charge in [-0.1, -0.05) is 0 Å². The number of nitrogens with zero attached hydrogens (tertiary/aromatic N) is 2. The van der Waals surface area contributed by atoms with Crippen molar-refractivity contribution in [2.24, 2.45) is 0 Å². The van der Waals surface area contributed by atoms with Gasteiger partial charge < -0.3 is 0 Å². The Bertz CT molecular complexity index is 537. The summed E-state index contributed by atoms with van der Waals surface area (Å²) in [5.74, 6) is -5.31. The van der Waals surface area contributed by atoms with E-state index in [9.17, 15) is 18.0 Å². The van der Waals surface area contributed by atoms with Crippen LogP contribution in [0.1, 0.15) is 10.4 Å². The molecule has 0 unspecified atom stereocenters. The zero-order chi connectivity index (χ0) is 11.7. The van der Waals surface area contributed by atoms with E-state index in [4.69, 9.17) is 0 Å². The summed E-state index contributed by atoms with van der Waals surface area (Å²) in [7, 11) is 0. The molecule has 0 aliphatic rings. The molecule has 2 rings (SSSR count). The van der Waals surface area contributed by atoms with Crippen molar-refractivity contribution in [3.63, 3.8) is 0 Å². The third-order valence-electron chi connectivity index (χ3n) is 2.00. The number of halogens is 3. The van der Waals surface area contributed by atoms with E-state index in [1.54, 1.807) is 0 Å². The quantitative estimate of drug-likeness (QED) is 0.697. The predicted molar refractivity (Wildman–Crippen MR) is 48.3 cm³/mol. The van der Waals surface area contributed by atoms with E-state index < -0.39 is 28.9 Å². The van der Waals surface area contributed by atoms with Crippen molar-refractivity contribution in [3.8, 4) is 0 Å².